The summed E-state index contributed by atoms with van der Waals surface area (Å²) in [6.45, 7) is 5.32. The molecule has 6 heteroatoms. The standard InChI is InChI=1S/C15H16ClNO4/c1-15(2,3)21-14(19)17-8-10-6-9-7-11(16)4-5-12(9)20-13(10)18/h4-7H,8H2,1-3H3,(H,17,19). The molecule has 1 aromatic heterocycles. The molecule has 1 N–H and O–H groups in total. The van der Waals surface area contributed by atoms with Gasteiger partial charge >= 0.3 is 11.7 Å². The van der Waals surface area contributed by atoms with Crippen LogP contribution in [0.15, 0.2) is 33.5 Å². The zero-order chi connectivity index (χ0) is 15.6. The second kappa shape index (κ2) is 5.77. The van der Waals surface area contributed by atoms with Gasteiger partial charge in [-0.05, 0) is 45.0 Å². The summed E-state index contributed by atoms with van der Waals surface area (Å²) in [5.41, 5.74) is -0.312. The molecular weight excluding hydrogens is 294 g/mol. The molecule has 0 aliphatic heterocycles. The van der Waals surface area contributed by atoms with Crippen LogP contribution in [-0.4, -0.2) is 11.7 Å². The largest absolute Gasteiger partial charge is 0.444 e. The van der Waals surface area contributed by atoms with Crippen molar-refractivity contribution in [2.24, 2.45) is 0 Å². The molecule has 0 spiro atoms. The summed E-state index contributed by atoms with van der Waals surface area (Å²) in [5, 5.41) is 3.76. The molecule has 21 heavy (non-hydrogen) atoms. The van der Waals surface area contributed by atoms with Crippen LogP contribution in [0.3, 0.4) is 0 Å². The number of carbonyl (C=O) groups excluding carboxylic acids is 1. The molecule has 0 fully saturated rings. The smallest absolute Gasteiger partial charge is 0.407 e. The van der Waals surface area contributed by atoms with Crippen LogP contribution in [0.1, 0.15) is 26.3 Å². The Bertz CT molecular complexity index is 731. The molecule has 0 atom stereocenters. The van der Waals surface area contributed by atoms with Crippen LogP contribution in [0.5, 0.6) is 0 Å². The predicted molar refractivity (Wildman–Crippen MR) is 80.6 cm³/mol. The van der Waals surface area contributed by atoms with Crippen LogP contribution in [-0.2, 0) is 11.3 Å². The number of hydrogen-bond donors (Lipinski definition) is 1. The van der Waals surface area contributed by atoms with Crippen LogP contribution >= 0.6 is 11.6 Å². The van der Waals surface area contributed by atoms with Gasteiger partial charge in [0.25, 0.3) is 0 Å². The van der Waals surface area contributed by atoms with Crippen LogP contribution < -0.4 is 10.9 Å². The van der Waals surface area contributed by atoms with E-state index in [0.29, 0.717) is 21.6 Å². The molecular formula is C15H16ClNO4. The van der Waals surface area contributed by atoms with Crippen molar-refractivity contribution in [3.63, 3.8) is 0 Å². The van der Waals surface area contributed by atoms with Gasteiger partial charge in [0, 0.05) is 10.4 Å². The van der Waals surface area contributed by atoms with E-state index in [9.17, 15) is 9.59 Å². The number of amides is 1. The third-order valence-corrected chi connectivity index (χ3v) is 2.82. The molecule has 2 aromatic rings. The van der Waals surface area contributed by atoms with Gasteiger partial charge in [0.05, 0.1) is 12.1 Å². The molecule has 0 aliphatic carbocycles. The number of fused-ring (bicyclic) bond motifs is 1. The lowest BCUT2D eigenvalue weighted by atomic mass is 10.2. The number of halogens is 1. The molecule has 0 unspecified atom stereocenters. The second-order valence-corrected chi connectivity index (χ2v) is 6.03. The number of hydrogen-bond acceptors (Lipinski definition) is 4. The van der Waals surface area contributed by atoms with E-state index in [1.165, 1.54) is 0 Å². The molecule has 0 aliphatic rings. The minimum atomic E-state index is -0.592. The van der Waals surface area contributed by atoms with Crippen LogP contribution in [0.4, 0.5) is 4.79 Å². The first-order chi connectivity index (χ1) is 9.74. The van der Waals surface area contributed by atoms with E-state index in [2.05, 4.69) is 5.32 Å². The fourth-order valence-corrected chi connectivity index (χ4v) is 1.92. The Morgan fingerprint density at radius 3 is 2.71 bits per heavy atom. The van der Waals surface area contributed by atoms with Crippen LogP contribution in [0.25, 0.3) is 11.0 Å². The zero-order valence-corrected chi connectivity index (χ0v) is 12.8. The summed E-state index contributed by atoms with van der Waals surface area (Å²) >= 11 is 5.90. The highest BCUT2D eigenvalue weighted by atomic mass is 35.5. The Kier molecular flexibility index (Phi) is 4.23. The van der Waals surface area contributed by atoms with Crippen molar-refractivity contribution >= 4 is 28.7 Å². The molecule has 1 aromatic carbocycles. The van der Waals surface area contributed by atoms with Gasteiger partial charge in [0.2, 0.25) is 0 Å². The minimum absolute atomic E-state index is 0.0275. The van der Waals surface area contributed by atoms with E-state index >= 15 is 0 Å². The average molecular weight is 310 g/mol. The Morgan fingerprint density at radius 1 is 1.33 bits per heavy atom. The number of rotatable bonds is 2. The van der Waals surface area contributed by atoms with Crippen LogP contribution in [0.2, 0.25) is 5.02 Å². The number of nitrogens with one attached hydrogen (secondary N) is 1. The van der Waals surface area contributed by atoms with Crippen molar-refractivity contribution in [3.05, 3.63) is 45.3 Å². The zero-order valence-electron chi connectivity index (χ0n) is 12.0. The summed E-state index contributed by atoms with van der Waals surface area (Å²) in [4.78, 5) is 23.4. The lowest BCUT2D eigenvalue weighted by Gasteiger charge is -2.19. The first-order valence-electron chi connectivity index (χ1n) is 6.44. The monoisotopic (exact) mass is 309 g/mol. The van der Waals surface area contributed by atoms with Gasteiger partial charge in [0.1, 0.15) is 11.2 Å². The maximum Gasteiger partial charge on any atom is 0.407 e. The van der Waals surface area contributed by atoms with Gasteiger partial charge in [-0.25, -0.2) is 9.59 Å². The van der Waals surface area contributed by atoms with Gasteiger partial charge in [-0.3, -0.25) is 0 Å². The maximum atomic E-state index is 11.8. The summed E-state index contributed by atoms with van der Waals surface area (Å²) in [6, 6.07) is 6.61. The molecule has 0 radical (unpaired) electrons. The van der Waals surface area contributed by atoms with Crippen molar-refractivity contribution in [1.82, 2.24) is 5.32 Å². The van der Waals surface area contributed by atoms with Crippen molar-refractivity contribution in [2.45, 2.75) is 32.9 Å². The molecule has 0 bridgehead atoms. The highest BCUT2D eigenvalue weighted by Gasteiger charge is 2.16. The normalized spacial score (nSPS) is 11.4. The van der Waals surface area contributed by atoms with Gasteiger partial charge in [-0.2, -0.15) is 0 Å². The molecule has 2 rings (SSSR count). The molecule has 0 saturated heterocycles. The van der Waals surface area contributed by atoms with Crippen molar-refractivity contribution in [3.8, 4) is 0 Å². The highest BCUT2D eigenvalue weighted by molar-refractivity contribution is 6.31. The van der Waals surface area contributed by atoms with Crippen molar-refractivity contribution in [1.29, 1.82) is 0 Å². The fraction of sp³-hybridized carbons (Fsp3) is 0.333. The average Bonchev–Trinajstić information content (AvgIpc) is 2.34. The van der Waals surface area contributed by atoms with E-state index in [1.54, 1.807) is 45.0 Å². The Balaban J connectivity index is 2.17. The molecule has 5 nitrogen and oxygen atoms in total. The summed E-state index contributed by atoms with van der Waals surface area (Å²) in [5.74, 6) is 0. The van der Waals surface area contributed by atoms with Crippen molar-refractivity contribution in [2.75, 3.05) is 0 Å². The first-order valence-corrected chi connectivity index (χ1v) is 6.81. The summed E-state index contributed by atoms with van der Waals surface area (Å²) in [6.07, 6.45) is -0.590. The highest BCUT2D eigenvalue weighted by Crippen LogP contribution is 2.18. The summed E-state index contributed by atoms with van der Waals surface area (Å²) < 4.78 is 10.3. The van der Waals surface area contributed by atoms with E-state index in [-0.39, 0.29) is 6.54 Å². The third kappa shape index (κ3) is 4.23. The fourth-order valence-electron chi connectivity index (χ4n) is 1.74. The SMILES string of the molecule is CC(C)(C)OC(=O)NCc1cc2cc(Cl)ccc2oc1=O. The van der Waals surface area contributed by atoms with E-state index < -0.39 is 17.3 Å². The number of carbonyl (C=O) groups is 1. The van der Waals surface area contributed by atoms with Gasteiger partial charge in [0.15, 0.2) is 0 Å². The Morgan fingerprint density at radius 2 is 2.05 bits per heavy atom. The topological polar surface area (TPSA) is 68.5 Å². The Hall–Kier alpha value is -2.01. The predicted octanol–water partition coefficient (Wildman–Crippen LogP) is 3.47. The first kappa shape index (κ1) is 15.4. The van der Waals surface area contributed by atoms with Gasteiger partial charge < -0.3 is 14.5 Å². The summed E-state index contributed by atoms with van der Waals surface area (Å²) in [7, 11) is 0. The van der Waals surface area contributed by atoms with Gasteiger partial charge in [-0.15, -0.1) is 0 Å². The minimum Gasteiger partial charge on any atom is -0.444 e. The number of benzene rings is 1. The molecule has 1 amide bonds. The van der Waals surface area contributed by atoms with Gasteiger partial charge in [-0.1, -0.05) is 11.6 Å². The lowest BCUT2D eigenvalue weighted by molar-refractivity contribution is 0.0523. The molecule has 0 saturated carbocycles. The second-order valence-electron chi connectivity index (χ2n) is 5.60. The lowest BCUT2D eigenvalue weighted by Crippen LogP contribution is -2.33. The third-order valence-electron chi connectivity index (χ3n) is 2.59. The number of ether oxygens (including phenoxy) is 1. The molecule has 112 valence electrons. The van der Waals surface area contributed by atoms with E-state index in [4.69, 9.17) is 20.8 Å². The van der Waals surface area contributed by atoms with Crippen molar-refractivity contribution < 1.29 is 13.9 Å². The van der Waals surface area contributed by atoms with Crippen LogP contribution in [0, 0.1) is 0 Å². The maximum absolute atomic E-state index is 11.8. The van der Waals surface area contributed by atoms with E-state index in [1.807, 2.05) is 0 Å². The van der Waals surface area contributed by atoms with E-state index in [0.717, 1.165) is 0 Å². The molecule has 1 heterocycles. The quantitative estimate of drug-likeness (QED) is 0.862. The Labute approximate surface area is 126 Å². The number of alkyl carbamates (subject to hydrolysis) is 1.